The van der Waals surface area contributed by atoms with Crippen molar-refractivity contribution in [1.29, 1.82) is 0 Å². The Kier molecular flexibility index (Phi) is 2.52. The van der Waals surface area contributed by atoms with Gasteiger partial charge in [0.25, 0.3) is 5.91 Å². The van der Waals surface area contributed by atoms with Crippen LogP contribution in [-0.4, -0.2) is 17.6 Å². The first-order valence-electron chi connectivity index (χ1n) is 5.94. The maximum absolute atomic E-state index is 12.4. The Balaban J connectivity index is 1.97. The number of benzene rings is 2. The van der Waals surface area contributed by atoms with Crippen molar-refractivity contribution in [2.45, 2.75) is 6.42 Å². The second-order valence-corrected chi connectivity index (χ2v) is 4.39. The van der Waals surface area contributed by atoms with Crippen LogP contribution in [-0.2, 0) is 6.42 Å². The number of phenols is 1. The summed E-state index contributed by atoms with van der Waals surface area (Å²) in [6, 6.07) is 14.4. The number of fused-ring (bicyclic) bond motifs is 1. The van der Waals surface area contributed by atoms with Gasteiger partial charge in [-0.2, -0.15) is 0 Å². The highest BCUT2D eigenvalue weighted by molar-refractivity contribution is 6.07. The molecule has 0 radical (unpaired) electrons. The van der Waals surface area contributed by atoms with Crippen molar-refractivity contribution in [1.82, 2.24) is 0 Å². The van der Waals surface area contributed by atoms with Crippen molar-refractivity contribution in [2.75, 3.05) is 11.4 Å². The van der Waals surface area contributed by atoms with Crippen molar-refractivity contribution in [3.8, 4) is 5.75 Å². The van der Waals surface area contributed by atoms with Gasteiger partial charge in [0.15, 0.2) is 0 Å². The predicted octanol–water partition coefficient (Wildman–Crippen LogP) is 2.60. The predicted molar refractivity (Wildman–Crippen MR) is 69.9 cm³/mol. The molecule has 0 fully saturated rings. The summed E-state index contributed by atoms with van der Waals surface area (Å²) in [5.74, 6) is 0.182. The Labute approximate surface area is 105 Å². The van der Waals surface area contributed by atoms with Crippen molar-refractivity contribution < 1.29 is 9.90 Å². The van der Waals surface area contributed by atoms with Crippen LogP contribution in [0.1, 0.15) is 15.9 Å². The van der Waals surface area contributed by atoms with Gasteiger partial charge in [0, 0.05) is 18.2 Å². The van der Waals surface area contributed by atoms with E-state index in [1.54, 1.807) is 17.0 Å². The number of amides is 1. The monoisotopic (exact) mass is 239 g/mol. The van der Waals surface area contributed by atoms with E-state index in [1.165, 1.54) is 0 Å². The third-order valence-corrected chi connectivity index (χ3v) is 3.23. The van der Waals surface area contributed by atoms with Crippen molar-refractivity contribution in [2.24, 2.45) is 0 Å². The zero-order chi connectivity index (χ0) is 12.5. The molecule has 0 atom stereocenters. The van der Waals surface area contributed by atoms with Gasteiger partial charge in [-0.1, -0.05) is 24.3 Å². The lowest BCUT2D eigenvalue weighted by atomic mass is 10.1. The maximum Gasteiger partial charge on any atom is 0.258 e. The average Bonchev–Trinajstić information content (AvgIpc) is 2.82. The standard InChI is InChI=1S/C15H13NO2/c17-13-7-6-11-8-9-16(14(11)10-13)15(18)12-4-2-1-3-5-12/h1-7,10,17H,8-9H2. The summed E-state index contributed by atoms with van der Waals surface area (Å²) >= 11 is 0. The van der Waals surface area contributed by atoms with Gasteiger partial charge >= 0.3 is 0 Å². The molecule has 3 nitrogen and oxygen atoms in total. The molecule has 0 saturated carbocycles. The molecule has 0 spiro atoms. The quantitative estimate of drug-likeness (QED) is 0.831. The largest absolute Gasteiger partial charge is 0.508 e. The molecule has 2 aromatic carbocycles. The molecule has 1 N–H and O–H groups in total. The van der Waals surface area contributed by atoms with Gasteiger partial charge in [0.05, 0.1) is 5.69 Å². The highest BCUT2D eigenvalue weighted by atomic mass is 16.3. The zero-order valence-electron chi connectivity index (χ0n) is 9.84. The lowest BCUT2D eigenvalue weighted by Crippen LogP contribution is -2.28. The summed E-state index contributed by atoms with van der Waals surface area (Å²) in [5, 5.41) is 9.53. The van der Waals surface area contributed by atoms with Crippen LogP contribution in [0.25, 0.3) is 0 Å². The molecule has 0 bridgehead atoms. The Hall–Kier alpha value is -2.29. The lowest BCUT2D eigenvalue weighted by molar-refractivity contribution is 0.0989. The van der Waals surface area contributed by atoms with Crippen LogP contribution in [0.3, 0.4) is 0 Å². The van der Waals surface area contributed by atoms with Crippen LogP contribution < -0.4 is 4.90 Å². The molecule has 1 aliphatic rings. The molecular formula is C15H13NO2. The van der Waals surface area contributed by atoms with E-state index in [-0.39, 0.29) is 11.7 Å². The smallest absolute Gasteiger partial charge is 0.258 e. The van der Waals surface area contributed by atoms with E-state index in [0.717, 1.165) is 17.7 Å². The number of aromatic hydroxyl groups is 1. The van der Waals surface area contributed by atoms with E-state index in [1.807, 2.05) is 36.4 Å². The summed E-state index contributed by atoms with van der Waals surface area (Å²) < 4.78 is 0. The Morgan fingerprint density at radius 1 is 1.11 bits per heavy atom. The van der Waals surface area contributed by atoms with E-state index in [9.17, 15) is 9.90 Å². The SMILES string of the molecule is O=C(c1ccccc1)N1CCc2ccc(O)cc21. The molecule has 1 aliphatic heterocycles. The molecule has 2 aromatic rings. The maximum atomic E-state index is 12.4. The summed E-state index contributed by atoms with van der Waals surface area (Å²) in [7, 11) is 0. The molecule has 0 unspecified atom stereocenters. The molecule has 90 valence electrons. The topological polar surface area (TPSA) is 40.5 Å². The summed E-state index contributed by atoms with van der Waals surface area (Å²) in [6.07, 6.45) is 0.841. The normalized spacial score (nSPS) is 13.4. The number of phenolic OH excluding ortho intramolecular Hbond substituents is 1. The van der Waals surface area contributed by atoms with Crippen LogP contribution in [0.5, 0.6) is 5.75 Å². The van der Waals surface area contributed by atoms with Gasteiger partial charge in [-0.3, -0.25) is 4.79 Å². The molecule has 18 heavy (non-hydrogen) atoms. The molecular weight excluding hydrogens is 226 g/mol. The summed E-state index contributed by atoms with van der Waals surface area (Å²) in [4.78, 5) is 14.1. The minimum Gasteiger partial charge on any atom is -0.508 e. The fourth-order valence-corrected chi connectivity index (χ4v) is 2.32. The van der Waals surface area contributed by atoms with Gasteiger partial charge in [-0.25, -0.2) is 0 Å². The minimum atomic E-state index is -0.0139. The van der Waals surface area contributed by atoms with Crippen LogP contribution in [0.15, 0.2) is 48.5 Å². The number of anilines is 1. The number of rotatable bonds is 1. The second kappa shape index (κ2) is 4.18. The van der Waals surface area contributed by atoms with E-state index < -0.39 is 0 Å². The molecule has 0 aliphatic carbocycles. The summed E-state index contributed by atoms with van der Waals surface area (Å²) in [6.45, 7) is 0.673. The van der Waals surface area contributed by atoms with Crippen molar-refractivity contribution in [3.05, 3.63) is 59.7 Å². The number of nitrogens with zero attached hydrogens (tertiary/aromatic N) is 1. The molecule has 0 aromatic heterocycles. The van der Waals surface area contributed by atoms with Crippen LogP contribution in [0, 0.1) is 0 Å². The molecule has 1 heterocycles. The third-order valence-electron chi connectivity index (χ3n) is 3.23. The highest BCUT2D eigenvalue weighted by Crippen LogP contribution is 2.32. The van der Waals surface area contributed by atoms with Crippen LogP contribution in [0.2, 0.25) is 0 Å². The van der Waals surface area contributed by atoms with Gasteiger partial charge in [0.1, 0.15) is 5.75 Å². The molecule has 3 heteroatoms. The first kappa shape index (κ1) is 10.8. The van der Waals surface area contributed by atoms with Gasteiger partial charge in [-0.05, 0) is 30.2 Å². The first-order valence-corrected chi connectivity index (χ1v) is 5.94. The van der Waals surface area contributed by atoms with E-state index in [2.05, 4.69) is 0 Å². The molecule has 0 saturated heterocycles. The molecule has 3 rings (SSSR count). The number of carbonyl (C=O) groups is 1. The number of hydrogen-bond acceptors (Lipinski definition) is 2. The highest BCUT2D eigenvalue weighted by Gasteiger charge is 2.25. The van der Waals surface area contributed by atoms with Crippen molar-refractivity contribution in [3.63, 3.8) is 0 Å². The number of hydrogen-bond donors (Lipinski definition) is 1. The van der Waals surface area contributed by atoms with Crippen molar-refractivity contribution >= 4 is 11.6 Å². The average molecular weight is 239 g/mol. The van der Waals surface area contributed by atoms with Gasteiger partial charge in [0.2, 0.25) is 0 Å². The Bertz CT molecular complexity index is 593. The fraction of sp³-hybridized carbons (Fsp3) is 0.133. The van der Waals surface area contributed by atoms with E-state index in [4.69, 9.17) is 0 Å². The zero-order valence-corrected chi connectivity index (χ0v) is 9.84. The Morgan fingerprint density at radius 2 is 1.89 bits per heavy atom. The minimum absolute atomic E-state index is 0.0139. The van der Waals surface area contributed by atoms with Crippen LogP contribution in [0.4, 0.5) is 5.69 Å². The Morgan fingerprint density at radius 3 is 2.67 bits per heavy atom. The van der Waals surface area contributed by atoms with Gasteiger partial charge in [-0.15, -0.1) is 0 Å². The summed E-state index contributed by atoms with van der Waals surface area (Å²) in [5.41, 5.74) is 2.61. The fourth-order valence-electron chi connectivity index (χ4n) is 2.32. The molecule has 1 amide bonds. The van der Waals surface area contributed by atoms with E-state index >= 15 is 0 Å². The van der Waals surface area contributed by atoms with Crippen LogP contribution >= 0.6 is 0 Å². The van der Waals surface area contributed by atoms with Gasteiger partial charge < -0.3 is 10.0 Å². The van der Waals surface area contributed by atoms with E-state index in [0.29, 0.717) is 12.1 Å². The number of carbonyl (C=O) groups excluding carboxylic acids is 1. The first-order chi connectivity index (χ1) is 8.75. The second-order valence-electron chi connectivity index (χ2n) is 4.39. The third kappa shape index (κ3) is 1.74. The lowest BCUT2D eigenvalue weighted by Gasteiger charge is -2.17.